The van der Waals surface area contributed by atoms with Crippen LogP contribution >= 0.6 is 0 Å². The number of aromatic nitrogens is 1. The van der Waals surface area contributed by atoms with Crippen molar-refractivity contribution in [3.8, 4) is 11.8 Å². The van der Waals surface area contributed by atoms with Crippen LogP contribution in [-0.2, 0) is 0 Å². The van der Waals surface area contributed by atoms with Crippen LogP contribution in [0, 0.1) is 21.4 Å². The lowest BCUT2D eigenvalue weighted by Gasteiger charge is -2.10. The monoisotopic (exact) mass is 273 g/mol. The lowest BCUT2D eigenvalue weighted by Crippen LogP contribution is -2.10. The number of nitrogens with zero attached hydrogens (tertiary/aromatic N) is 2. The Labute approximate surface area is 113 Å². The number of H-pyrrole nitrogens is 1. The van der Waals surface area contributed by atoms with Gasteiger partial charge < -0.3 is 9.72 Å². The largest absolute Gasteiger partial charge is 0.484 e. The van der Waals surface area contributed by atoms with Crippen molar-refractivity contribution in [3.05, 3.63) is 44.2 Å². The van der Waals surface area contributed by atoms with Crippen LogP contribution in [0.2, 0.25) is 0 Å². The molecule has 7 nitrogen and oxygen atoms in total. The van der Waals surface area contributed by atoms with Crippen LogP contribution in [-0.4, -0.2) is 16.0 Å². The van der Waals surface area contributed by atoms with E-state index in [1.165, 1.54) is 12.3 Å². The van der Waals surface area contributed by atoms with Crippen molar-refractivity contribution in [2.45, 2.75) is 20.0 Å². The van der Waals surface area contributed by atoms with E-state index < -0.39 is 10.4 Å². The fourth-order valence-electron chi connectivity index (χ4n) is 1.81. The van der Waals surface area contributed by atoms with Crippen molar-refractivity contribution in [2.24, 2.45) is 0 Å². The molecule has 0 unspecified atom stereocenters. The molecule has 1 aromatic heterocycles. The number of hydrogen-bond acceptors (Lipinski definition) is 5. The highest BCUT2D eigenvalue weighted by Gasteiger charge is 2.19. The number of benzene rings is 1. The van der Waals surface area contributed by atoms with Gasteiger partial charge in [0.05, 0.1) is 21.9 Å². The molecule has 0 saturated carbocycles. The molecule has 2 aromatic rings. The van der Waals surface area contributed by atoms with Crippen LogP contribution in [0.3, 0.4) is 0 Å². The fourth-order valence-corrected chi connectivity index (χ4v) is 1.81. The molecule has 0 amide bonds. The molecule has 20 heavy (non-hydrogen) atoms. The highest BCUT2D eigenvalue weighted by atomic mass is 16.6. The quantitative estimate of drug-likeness (QED) is 0.680. The number of nitro groups is 1. The molecule has 0 aliphatic heterocycles. The Kier molecular flexibility index (Phi) is 3.39. The number of ether oxygens (including phenoxy) is 1. The lowest BCUT2D eigenvalue weighted by atomic mass is 10.1. The Bertz CT molecular complexity index is 787. The van der Waals surface area contributed by atoms with Gasteiger partial charge in [-0.25, -0.2) is 0 Å². The molecule has 0 atom stereocenters. The summed E-state index contributed by atoms with van der Waals surface area (Å²) in [6.07, 6.45) is 1.03. The SMILES string of the molecule is CC(C)Oc1cc2[nH]cc(C#N)c(=O)c2cc1[N+](=O)[O-]. The Morgan fingerprint density at radius 1 is 1.45 bits per heavy atom. The van der Waals surface area contributed by atoms with Crippen molar-refractivity contribution >= 4 is 16.6 Å². The van der Waals surface area contributed by atoms with Crippen molar-refractivity contribution in [1.82, 2.24) is 4.98 Å². The van der Waals surface area contributed by atoms with Crippen LogP contribution in [0.15, 0.2) is 23.1 Å². The van der Waals surface area contributed by atoms with Crippen molar-refractivity contribution in [2.75, 3.05) is 0 Å². The smallest absolute Gasteiger partial charge is 0.311 e. The molecular weight excluding hydrogens is 262 g/mol. The molecule has 0 aliphatic carbocycles. The second-order valence-corrected chi connectivity index (χ2v) is 4.43. The summed E-state index contributed by atoms with van der Waals surface area (Å²) in [5, 5.41) is 20.0. The molecule has 1 N–H and O–H groups in total. The maximum absolute atomic E-state index is 12.0. The summed E-state index contributed by atoms with van der Waals surface area (Å²) in [6.45, 7) is 3.49. The minimum atomic E-state index is -0.615. The number of hydrogen-bond donors (Lipinski definition) is 1. The van der Waals surface area contributed by atoms with Gasteiger partial charge in [-0.15, -0.1) is 0 Å². The second-order valence-electron chi connectivity index (χ2n) is 4.43. The molecule has 102 valence electrons. The topological polar surface area (TPSA) is 109 Å². The van der Waals surface area contributed by atoms with Crippen LogP contribution in [0.5, 0.6) is 5.75 Å². The molecule has 0 radical (unpaired) electrons. The average Bonchev–Trinajstić information content (AvgIpc) is 2.37. The summed E-state index contributed by atoms with van der Waals surface area (Å²) in [7, 11) is 0. The molecule has 2 rings (SSSR count). The van der Waals surface area contributed by atoms with Gasteiger partial charge in [0.25, 0.3) is 0 Å². The first-order valence-corrected chi connectivity index (χ1v) is 5.84. The van der Waals surface area contributed by atoms with Crippen LogP contribution in [0.1, 0.15) is 19.4 Å². The minimum absolute atomic E-state index is 0.0813. The Morgan fingerprint density at radius 3 is 2.70 bits per heavy atom. The van der Waals surface area contributed by atoms with E-state index in [-0.39, 0.29) is 28.5 Å². The van der Waals surface area contributed by atoms with Crippen LogP contribution in [0.25, 0.3) is 10.9 Å². The number of fused-ring (bicyclic) bond motifs is 1. The van der Waals surface area contributed by atoms with Crippen molar-refractivity contribution in [3.63, 3.8) is 0 Å². The highest BCUT2D eigenvalue weighted by Crippen LogP contribution is 2.31. The van der Waals surface area contributed by atoms with Gasteiger partial charge in [0.15, 0.2) is 5.75 Å². The first-order valence-electron chi connectivity index (χ1n) is 5.84. The van der Waals surface area contributed by atoms with Gasteiger partial charge in [-0.1, -0.05) is 0 Å². The normalized spacial score (nSPS) is 10.5. The number of nitro benzene ring substituents is 1. The molecule has 7 heteroatoms. The number of nitriles is 1. The number of aromatic amines is 1. The molecular formula is C13H11N3O4. The highest BCUT2D eigenvalue weighted by molar-refractivity contribution is 5.84. The predicted octanol–water partition coefficient (Wildman–Crippen LogP) is 2.10. The summed E-state index contributed by atoms with van der Waals surface area (Å²) in [5.41, 5.74) is -0.549. The summed E-state index contributed by atoms with van der Waals surface area (Å²) in [4.78, 5) is 25.2. The van der Waals surface area contributed by atoms with Gasteiger partial charge in [0.1, 0.15) is 11.6 Å². The van der Waals surface area contributed by atoms with E-state index in [0.717, 1.165) is 6.07 Å². The van der Waals surface area contributed by atoms with Gasteiger partial charge in [-0.05, 0) is 13.8 Å². The van der Waals surface area contributed by atoms with Crippen LogP contribution in [0.4, 0.5) is 5.69 Å². The van der Waals surface area contributed by atoms with Crippen molar-refractivity contribution < 1.29 is 9.66 Å². The Hall–Kier alpha value is -2.88. The van der Waals surface area contributed by atoms with E-state index in [4.69, 9.17) is 10.00 Å². The van der Waals surface area contributed by atoms with E-state index in [1.807, 2.05) is 0 Å². The van der Waals surface area contributed by atoms with Gasteiger partial charge >= 0.3 is 5.69 Å². The Balaban J connectivity index is 2.79. The van der Waals surface area contributed by atoms with Gasteiger partial charge in [-0.3, -0.25) is 14.9 Å². The van der Waals surface area contributed by atoms with E-state index >= 15 is 0 Å². The van der Waals surface area contributed by atoms with Gasteiger partial charge in [0.2, 0.25) is 5.43 Å². The fraction of sp³-hybridized carbons (Fsp3) is 0.231. The molecule has 0 aliphatic rings. The van der Waals surface area contributed by atoms with E-state index in [1.54, 1.807) is 19.9 Å². The van der Waals surface area contributed by atoms with E-state index in [2.05, 4.69) is 4.98 Å². The molecule has 0 bridgehead atoms. The first-order chi connectivity index (χ1) is 9.43. The maximum atomic E-state index is 12.0. The molecule has 0 fully saturated rings. The zero-order chi connectivity index (χ0) is 14.9. The third kappa shape index (κ3) is 2.31. The van der Waals surface area contributed by atoms with Crippen LogP contribution < -0.4 is 10.2 Å². The molecule has 0 spiro atoms. The van der Waals surface area contributed by atoms with Gasteiger partial charge in [-0.2, -0.15) is 5.26 Å². The number of pyridine rings is 1. The predicted molar refractivity (Wildman–Crippen MR) is 71.7 cm³/mol. The maximum Gasteiger partial charge on any atom is 0.311 e. The minimum Gasteiger partial charge on any atom is -0.484 e. The second kappa shape index (κ2) is 5.01. The van der Waals surface area contributed by atoms with E-state index in [0.29, 0.717) is 5.52 Å². The standard InChI is InChI=1S/C13H11N3O4/c1-7(2)20-12-4-10-9(3-11(12)16(18)19)13(17)8(5-14)6-15-10/h3-4,6-7H,1-2H3,(H,15,17). The van der Waals surface area contributed by atoms with E-state index in [9.17, 15) is 14.9 Å². The molecule has 1 aromatic carbocycles. The van der Waals surface area contributed by atoms with Gasteiger partial charge in [0, 0.05) is 18.3 Å². The summed E-state index contributed by atoms with van der Waals surface area (Å²) >= 11 is 0. The third-order valence-corrected chi connectivity index (χ3v) is 2.64. The number of nitrogens with one attached hydrogen (secondary N) is 1. The summed E-state index contributed by atoms with van der Waals surface area (Å²) in [5.74, 6) is 0.0813. The Morgan fingerprint density at radius 2 is 2.15 bits per heavy atom. The van der Waals surface area contributed by atoms with Crippen molar-refractivity contribution in [1.29, 1.82) is 5.26 Å². The molecule has 1 heterocycles. The number of rotatable bonds is 3. The zero-order valence-electron chi connectivity index (χ0n) is 10.8. The first kappa shape index (κ1) is 13.5. The summed E-state index contributed by atoms with van der Waals surface area (Å²) in [6, 6.07) is 4.27. The zero-order valence-corrected chi connectivity index (χ0v) is 10.8. The average molecular weight is 273 g/mol. The third-order valence-electron chi connectivity index (χ3n) is 2.64. The summed E-state index contributed by atoms with van der Waals surface area (Å²) < 4.78 is 5.38. The molecule has 0 saturated heterocycles. The lowest BCUT2D eigenvalue weighted by molar-refractivity contribution is -0.385.